The fourth-order valence-corrected chi connectivity index (χ4v) is 0.831. The van der Waals surface area contributed by atoms with Crippen molar-refractivity contribution < 1.29 is 5.11 Å². The molecular weight excluding hydrogens is 148 g/mol. The normalized spacial score (nSPS) is 14.6. The molecule has 0 bridgehead atoms. The minimum Gasteiger partial charge on any atom is -0.389 e. The molecule has 0 rings (SSSR count). The first kappa shape index (κ1) is 11.4. The highest BCUT2D eigenvalue weighted by atomic mass is 16.3. The maximum Gasteiger partial charge on any atom is 0.0718 e. The summed E-state index contributed by atoms with van der Waals surface area (Å²) in [7, 11) is 0. The molecule has 0 aliphatic heterocycles. The first-order chi connectivity index (χ1) is 5.81. The highest BCUT2D eigenvalue weighted by Gasteiger charge is 1.89. The zero-order valence-corrected chi connectivity index (χ0v) is 8.16. The van der Waals surface area contributed by atoms with Crippen molar-refractivity contribution in [3.63, 3.8) is 0 Å². The molecule has 0 aliphatic carbocycles. The number of aliphatic hydroxyl groups is 1. The Morgan fingerprint density at radius 2 is 1.92 bits per heavy atom. The molecule has 70 valence electrons. The SMILES string of the molecule is CCC/C=C\C/C=C/C(O)CC. The molecule has 0 heterocycles. The van der Waals surface area contributed by atoms with Gasteiger partial charge in [0, 0.05) is 0 Å². The largest absolute Gasteiger partial charge is 0.389 e. The van der Waals surface area contributed by atoms with Gasteiger partial charge in [0.25, 0.3) is 0 Å². The quantitative estimate of drug-likeness (QED) is 0.604. The average molecular weight is 168 g/mol. The van der Waals surface area contributed by atoms with Gasteiger partial charge in [-0.05, 0) is 19.3 Å². The molecule has 0 fully saturated rings. The number of hydrogen-bond donors (Lipinski definition) is 1. The molecular formula is C11H20O. The molecule has 0 radical (unpaired) electrons. The fraction of sp³-hybridized carbons (Fsp3) is 0.636. The van der Waals surface area contributed by atoms with Crippen molar-refractivity contribution in [2.24, 2.45) is 0 Å². The molecule has 0 saturated carbocycles. The topological polar surface area (TPSA) is 20.2 Å². The standard InChI is InChI=1S/C11H20O/c1-3-5-6-7-8-9-10-11(12)4-2/h6-7,9-12H,3-5,8H2,1-2H3/b7-6-,10-9+. The van der Waals surface area contributed by atoms with E-state index in [0.717, 1.165) is 19.3 Å². The molecule has 0 saturated heterocycles. The van der Waals surface area contributed by atoms with E-state index in [9.17, 15) is 0 Å². The lowest BCUT2D eigenvalue weighted by molar-refractivity contribution is 0.219. The predicted molar refractivity (Wildman–Crippen MR) is 54.1 cm³/mol. The molecule has 1 atom stereocenters. The van der Waals surface area contributed by atoms with Crippen LogP contribution in [0.3, 0.4) is 0 Å². The van der Waals surface area contributed by atoms with Crippen LogP contribution in [0, 0.1) is 0 Å². The van der Waals surface area contributed by atoms with Crippen LogP contribution in [-0.4, -0.2) is 11.2 Å². The summed E-state index contributed by atoms with van der Waals surface area (Å²) in [6, 6.07) is 0. The molecule has 1 nitrogen and oxygen atoms in total. The molecule has 0 aromatic rings. The van der Waals surface area contributed by atoms with E-state index in [0.29, 0.717) is 0 Å². The summed E-state index contributed by atoms with van der Waals surface area (Å²) in [6.45, 7) is 4.14. The van der Waals surface area contributed by atoms with Gasteiger partial charge >= 0.3 is 0 Å². The van der Waals surface area contributed by atoms with Gasteiger partial charge in [-0.15, -0.1) is 0 Å². The van der Waals surface area contributed by atoms with E-state index in [-0.39, 0.29) is 6.10 Å². The Balaban J connectivity index is 3.35. The van der Waals surface area contributed by atoms with Crippen LogP contribution in [0.1, 0.15) is 39.5 Å². The van der Waals surface area contributed by atoms with Gasteiger partial charge in [0.15, 0.2) is 0 Å². The molecule has 1 N–H and O–H groups in total. The van der Waals surface area contributed by atoms with Gasteiger partial charge in [0.05, 0.1) is 6.10 Å². The maximum atomic E-state index is 9.15. The Morgan fingerprint density at radius 1 is 1.17 bits per heavy atom. The lowest BCUT2D eigenvalue weighted by atomic mass is 10.2. The van der Waals surface area contributed by atoms with Crippen LogP contribution in [0.4, 0.5) is 0 Å². The van der Waals surface area contributed by atoms with Crippen molar-refractivity contribution in [2.75, 3.05) is 0 Å². The highest BCUT2D eigenvalue weighted by molar-refractivity contribution is 4.95. The van der Waals surface area contributed by atoms with Gasteiger partial charge in [-0.25, -0.2) is 0 Å². The highest BCUT2D eigenvalue weighted by Crippen LogP contribution is 1.95. The van der Waals surface area contributed by atoms with E-state index in [1.54, 1.807) is 0 Å². The third kappa shape index (κ3) is 7.55. The Bertz CT molecular complexity index is 136. The lowest BCUT2D eigenvalue weighted by Crippen LogP contribution is -1.97. The van der Waals surface area contributed by atoms with Crippen LogP contribution >= 0.6 is 0 Å². The van der Waals surface area contributed by atoms with Crippen LogP contribution < -0.4 is 0 Å². The summed E-state index contributed by atoms with van der Waals surface area (Å²) < 4.78 is 0. The van der Waals surface area contributed by atoms with E-state index in [2.05, 4.69) is 19.1 Å². The Kier molecular flexibility index (Phi) is 8.14. The molecule has 12 heavy (non-hydrogen) atoms. The molecule has 1 unspecified atom stereocenters. The third-order valence-corrected chi connectivity index (χ3v) is 1.67. The molecule has 0 spiro atoms. The number of rotatable bonds is 6. The zero-order valence-electron chi connectivity index (χ0n) is 8.16. The fourth-order valence-electron chi connectivity index (χ4n) is 0.831. The Hall–Kier alpha value is -0.560. The molecule has 1 heteroatoms. The van der Waals surface area contributed by atoms with Crippen molar-refractivity contribution >= 4 is 0 Å². The van der Waals surface area contributed by atoms with E-state index in [1.807, 2.05) is 19.1 Å². The first-order valence-electron chi connectivity index (χ1n) is 4.81. The van der Waals surface area contributed by atoms with E-state index < -0.39 is 0 Å². The molecule has 0 aromatic heterocycles. The smallest absolute Gasteiger partial charge is 0.0718 e. The zero-order chi connectivity index (χ0) is 9.23. The Labute approximate surface area is 75.8 Å². The molecule has 0 aromatic carbocycles. The number of aliphatic hydroxyl groups excluding tert-OH is 1. The van der Waals surface area contributed by atoms with E-state index >= 15 is 0 Å². The third-order valence-electron chi connectivity index (χ3n) is 1.67. The summed E-state index contributed by atoms with van der Waals surface area (Å²) in [4.78, 5) is 0. The summed E-state index contributed by atoms with van der Waals surface area (Å²) >= 11 is 0. The average Bonchev–Trinajstić information content (AvgIpc) is 2.10. The van der Waals surface area contributed by atoms with Gasteiger partial charge in [0.1, 0.15) is 0 Å². The Morgan fingerprint density at radius 3 is 2.50 bits per heavy atom. The van der Waals surface area contributed by atoms with E-state index in [4.69, 9.17) is 5.11 Å². The number of allylic oxidation sites excluding steroid dienone is 3. The van der Waals surface area contributed by atoms with Crippen molar-refractivity contribution in [1.82, 2.24) is 0 Å². The van der Waals surface area contributed by atoms with Crippen LogP contribution in [0.15, 0.2) is 24.3 Å². The predicted octanol–water partition coefficient (Wildman–Crippen LogP) is 3.06. The van der Waals surface area contributed by atoms with Crippen molar-refractivity contribution in [3.8, 4) is 0 Å². The monoisotopic (exact) mass is 168 g/mol. The number of unbranched alkanes of at least 4 members (excludes halogenated alkanes) is 1. The van der Waals surface area contributed by atoms with Gasteiger partial charge in [-0.3, -0.25) is 0 Å². The van der Waals surface area contributed by atoms with Gasteiger partial charge in [-0.1, -0.05) is 44.6 Å². The van der Waals surface area contributed by atoms with Crippen molar-refractivity contribution in [3.05, 3.63) is 24.3 Å². The van der Waals surface area contributed by atoms with Crippen LogP contribution in [0.5, 0.6) is 0 Å². The van der Waals surface area contributed by atoms with Gasteiger partial charge in [-0.2, -0.15) is 0 Å². The van der Waals surface area contributed by atoms with Gasteiger partial charge in [0.2, 0.25) is 0 Å². The summed E-state index contributed by atoms with van der Waals surface area (Å²) in [5, 5.41) is 9.15. The molecule has 0 amide bonds. The van der Waals surface area contributed by atoms with Gasteiger partial charge < -0.3 is 5.11 Å². The summed E-state index contributed by atoms with van der Waals surface area (Å²) in [6.07, 6.45) is 12.0. The second-order valence-corrected chi connectivity index (χ2v) is 2.90. The van der Waals surface area contributed by atoms with Crippen LogP contribution in [0.2, 0.25) is 0 Å². The number of hydrogen-bond acceptors (Lipinski definition) is 1. The van der Waals surface area contributed by atoms with E-state index in [1.165, 1.54) is 6.42 Å². The lowest BCUT2D eigenvalue weighted by Gasteiger charge is -1.96. The van der Waals surface area contributed by atoms with Crippen LogP contribution in [0.25, 0.3) is 0 Å². The minimum absolute atomic E-state index is 0.260. The summed E-state index contributed by atoms with van der Waals surface area (Å²) in [5.41, 5.74) is 0. The van der Waals surface area contributed by atoms with Crippen molar-refractivity contribution in [1.29, 1.82) is 0 Å². The summed E-state index contributed by atoms with van der Waals surface area (Å²) in [5.74, 6) is 0. The second kappa shape index (κ2) is 8.54. The maximum absolute atomic E-state index is 9.15. The minimum atomic E-state index is -0.260. The second-order valence-electron chi connectivity index (χ2n) is 2.90. The molecule has 0 aliphatic rings. The van der Waals surface area contributed by atoms with Crippen molar-refractivity contribution in [2.45, 2.75) is 45.6 Å². The van der Waals surface area contributed by atoms with Crippen LogP contribution in [-0.2, 0) is 0 Å². The first-order valence-corrected chi connectivity index (χ1v) is 4.81.